The van der Waals surface area contributed by atoms with Gasteiger partial charge in [-0.25, -0.2) is 24.0 Å². The van der Waals surface area contributed by atoms with Crippen molar-refractivity contribution in [2.24, 2.45) is 5.41 Å². The van der Waals surface area contributed by atoms with Gasteiger partial charge in [0.2, 0.25) is 0 Å². The first kappa shape index (κ1) is 39.6. The number of rotatable bonds is 22. The molecule has 248 valence electrons. The van der Waals surface area contributed by atoms with Crippen molar-refractivity contribution in [2.75, 3.05) is 66.4 Å². The second-order valence-electron chi connectivity index (χ2n) is 9.60. The summed E-state index contributed by atoms with van der Waals surface area (Å²) in [6, 6.07) is 0. The molecular weight excluding hydrogens is 584 g/mol. The molecule has 0 heterocycles. The Morgan fingerprint density at radius 1 is 0.682 bits per heavy atom. The molecule has 0 bridgehead atoms. The third kappa shape index (κ3) is 18.2. The van der Waals surface area contributed by atoms with Crippen molar-refractivity contribution >= 4 is 36.1 Å². The van der Waals surface area contributed by atoms with Gasteiger partial charge in [-0.3, -0.25) is 4.79 Å². The highest BCUT2D eigenvalue weighted by atomic mass is 16.6. The first-order valence-electron chi connectivity index (χ1n) is 13.7. The van der Waals surface area contributed by atoms with E-state index in [1.165, 1.54) is 21.0 Å². The fraction of sp³-hybridized carbons (Fsp3) is 0.586. The van der Waals surface area contributed by atoms with Crippen LogP contribution in [0.3, 0.4) is 0 Å². The largest absolute Gasteiger partial charge is 0.466 e. The van der Waals surface area contributed by atoms with Crippen molar-refractivity contribution in [1.29, 1.82) is 0 Å². The molecule has 0 atom stereocenters. The lowest BCUT2D eigenvalue weighted by atomic mass is 9.88. The maximum absolute atomic E-state index is 12.2. The van der Waals surface area contributed by atoms with Gasteiger partial charge in [-0.2, -0.15) is 0 Å². The van der Waals surface area contributed by atoms with E-state index in [4.69, 9.17) is 28.4 Å². The van der Waals surface area contributed by atoms with E-state index in [9.17, 15) is 28.8 Å². The summed E-state index contributed by atoms with van der Waals surface area (Å²) in [5.74, 6) is -2.43. The number of hydrogen-bond donors (Lipinski definition) is 2. The number of methoxy groups -OCH3 is 1. The van der Waals surface area contributed by atoms with Gasteiger partial charge in [0, 0.05) is 24.2 Å². The average molecular weight is 629 g/mol. The number of nitrogens with one attached hydrogen (secondary N) is 2. The highest BCUT2D eigenvalue weighted by Gasteiger charge is 2.33. The van der Waals surface area contributed by atoms with E-state index in [2.05, 4.69) is 35.1 Å². The number of carbonyl (C=O) groups excluding carboxylic acids is 6. The van der Waals surface area contributed by atoms with Crippen LogP contribution in [0.4, 0.5) is 9.59 Å². The summed E-state index contributed by atoms with van der Waals surface area (Å²) in [6.45, 7) is 14.4. The highest BCUT2D eigenvalue weighted by molar-refractivity contribution is 5.88. The Morgan fingerprint density at radius 2 is 1.18 bits per heavy atom. The van der Waals surface area contributed by atoms with E-state index in [1.807, 2.05) is 0 Å². The van der Waals surface area contributed by atoms with E-state index in [-0.39, 0.29) is 88.9 Å². The summed E-state index contributed by atoms with van der Waals surface area (Å²) in [7, 11) is 1.19. The number of carbonyl (C=O) groups is 6. The highest BCUT2D eigenvalue weighted by Crippen LogP contribution is 2.24. The van der Waals surface area contributed by atoms with Crippen LogP contribution in [0.1, 0.15) is 40.0 Å². The number of hydrogen-bond acceptors (Lipinski definition) is 13. The van der Waals surface area contributed by atoms with Crippen molar-refractivity contribution in [3.05, 3.63) is 36.5 Å². The molecule has 0 saturated heterocycles. The molecule has 0 aliphatic carbocycles. The van der Waals surface area contributed by atoms with E-state index < -0.39 is 41.5 Å². The Bertz CT molecular complexity index is 988. The molecule has 0 radical (unpaired) electrons. The molecule has 0 aliphatic heterocycles. The Kier molecular flexibility index (Phi) is 20.0. The molecule has 0 rings (SSSR count). The SMILES string of the molecule is C=C(C)C(=O)OCCNC(=O)OCC(CC)(COCCCC(=O)OCC(=C)C(=O)OC)COC(=O)NCCOC(=O)C(=C)C. The average Bonchev–Trinajstić information content (AvgIpc) is 3.00. The Morgan fingerprint density at radius 3 is 1.61 bits per heavy atom. The van der Waals surface area contributed by atoms with Crippen LogP contribution in [0, 0.1) is 5.41 Å². The first-order valence-corrected chi connectivity index (χ1v) is 13.7. The van der Waals surface area contributed by atoms with Crippen LogP contribution < -0.4 is 10.6 Å². The lowest BCUT2D eigenvalue weighted by Crippen LogP contribution is -2.41. The summed E-state index contributed by atoms with van der Waals surface area (Å²) in [4.78, 5) is 70.6. The van der Waals surface area contributed by atoms with Crippen LogP contribution in [0.25, 0.3) is 0 Å². The lowest BCUT2D eigenvalue weighted by Gasteiger charge is -2.31. The molecule has 15 nitrogen and oxygen atoms in total. The van der Waals surface area contributed by atoms with Crippen LogP contribution >= 0.6 is 0 Å². The molecule has 0 aliphatic rings. The maximum atomic E-state index is 12.2. The summed E-state index contributed by atoms with van der Waals surface area (Å²) in [5, 5.41) is 4.89. The van der Waals surface area contributed by atoms with Gasteiger partial charge in [-0.05, 0) is 26.7 Å². The number of ether oxygens (including phenoxy) is 7. The van der Waals surface area contributed by atoms with Gasteiger partial charge in [0.05, 0.1) is 37.8 Å². The van der Waals surface area contributed by atoms with Crippen LogP contribution in [0.5, 0.6) is 0 Å². The zero-order chi connectivity index (χ0) is 33.5. The van der Waals surface area contributed by atoms with E-state index >= 15 is 0 Å². The molecule has 15 heteroatoms. The third-order valence-corrected chi connectivity index (χ3v) is 5.63. The molecule has 0 aromatic carbocycles. The molecule has 2 amide bonds. The maximum Gasteiger partial charge on any atom is 0.407 e. The monoisotopic (exact) mass is 628 g/mol. The molecule has 44 heavy (non-hydrogen) atoms. The van der Waals surface area contributed by atoms with Gasteiger partial charge >= 0.3 is 36.1 Å². The van der Waals surface area contributed by atoms with Gasteiger partial charge in [0.25, 0.3) is 0 Å². The topological polar surface area (TPSA) is 191 Å². The zero-order valence-corrected chi connectivity index (χ0v) is 25.9. The predicted octanol–water partition coefficient (Wildman–Crippen LogP) is 2.14. The van der Waals surface area contributed by atoms with Crippen LogP contribution in [0.2, 0.25) is 0 Å². The van der Waals surface area contributed by atoms with Gasteiger partial charge in [-0.1, -0.05) is 26.7 Å². The van der Waals surface area contributed by atoms with Gasteiger partial charge in [0.1, 0.15) is 33.0 Å². The summed E-state index contributed by atoms with van der Waals surface area (Å²) in [5.41, 5.74) is -0.525. The third-order valence-electron chi connectivity index (χ3n) is 5.63. The van der Waals surface area contributed by atoms with Crippen molar-refractivity contribution in [1.82, 2.24) is 10.6 Å². The normalized spacial score (nSPS) is 10.5. The molecule has 0 unspecified atom stereocenters. The fourth-order valence-electron chi connectivity index (χ4n) is 2.86. The van der Waals surface area contributed by atoms with Crippen LogP contribution in [-0.2, 0) is 52.3 Å². The molecule has 2 N–H and O–H groups in total. The molecule has 0 fully saturated rings. The quantitative estimate of drug-likeness (QED) is 0.0768. The van der Waals surface area contributed by atoms with Crippen molar-refractivity contribution in [3.8, 4) is 0 Å². The van der Waals surface area contributed by atoms with Crippen molar-refractivity contribution < 1.29 is 61.9 Å². The molecule has 0 saturated carbocycles. The smallest absolute Gasteiger partial charge is 0.407 e. The first-order chi connectivity index (χ1) is 20.8. The Balaban J connectivity index is 4.92. The Labute approximate surface area is 257 Å². The summed E-state index contributed by atoms with van der Waals surface area (Å²) < 4.78 is 35.6. The number of amides is 2. The molecule has 0 aromatic heterocycles. The predicted molar refractivity (Wildman–Crippen MR) is 155 cm³/mol. The standard InChI is InChI=1S/C29H44N2O13/c1-8-29(18-43-27(36)30-11-14-40-24(33)20(2)3,19-44-28(37)31-12-15-41-25(34)21(4)5)17-39-13-9-10-23(32)42-16-22(6)26(35)38-7/h2,4,6,8-19H2,1,3,5,7H3,(H,30,36)(H,31,37). The molecule has 0 spiro atoms. The zero-order valence-electron chi connectivity index (χ0n) is 25.9. The van der Waals surface area contributed by atoms with Gasteiger partial charge < -0.3 is 43.8 Å². The van der Waals surface area contributed by atoms with Crippen LogP contribution in [0.15, 0.2) is 36.5 Å². The van der Waals surface area contributed by atoms with E-state index in [0.29, 0.717) is 6.42 Å². The van der Waals surface area contributed by atoms with E-state index in [1.54, 1.807) is 6.92 Å². The second-order valence-corrected chi connectivity index (χ2v) is 9.60. The molecular formula is C29H44N2O13. The summed E-state index contributed by atoms with van der Waals surface area (Å²) in [6.07, 6.45) is -0.962. The Hall–Kier alpha value is -4.40. The lowest BCUT2D eigenvalue weighted by molar-refractivity contribution is -0.145. The number of esters is 4. The van der Waals surface area contributed by atoms with Crippen molar-refractivity contribution in [3.63, 3.8) is 0 Å². The minimum atomic E-state index is -0.966. The fourth-order valence-corrected chi connectivity index (χ4v) is 2.86. The minimum Gasteiger partial charge on any atom is -0.466 e. The number of alkyl carbamates (subject to hydrolysis) is 2. The second kappa shape index (κ2) is 22.2. The minimum absolute atomic E-state index is 0.00125. The van der Waals surface area contributed by atoms with Crippen molar-refractivity contribution in [2.45, 2.75) is 40.0 Å². The van der Waals surface area contributed by atoms with Gasteiger partial charge in [-0.15, -0.1) is 0 Å². The van der Waals surface area contributed by atoms with Crippen LogP contribution in [-0.4, -0.2) is 103 Å². The van der Waals surface area contributed by atoms with Gasteiger partial charge in [0.15, 0.2) is 0 Å². The molecule has 0 aromatic rings. The summed E-state index contributed by atoms with van der Waals surface area (Å²) >= 11 is 0. The van der Waals surface area contributed by atoms with E-state index in [0.717, 1.165) is 0 Å².